The van der Waals surface area contributed by atoms with E-state index in [2.05, 4.69) is 33.1 Å². The molecule has 0 aromatic heterocycles. The van der Waals surface area contributed by atoms with Crippen LogP contribution in [-0.2, 0) is 22.7 Å². The van der Waals surface area contributed by atoms with Crippen molar-refractivity contribution in [3.8, 4) is 0 Å². The van der Waals surface area contributed by atoms with Crippen LogP contribution in [0, 0.1) is 0 Å². The summed E-state index contributed by atoms with van der Waals surface area (Å²) in [6.45, 7) is 10.6. The number of carbonyl (C=O) groups excluding carboxylic acids is 2. The fourth-order valence-corrected chi connectivity index (χ4v) is 3.06. The molecule has 28 heavy (non-hydrogen) atoms. The Morgan fingerprint density at radius 2 is 1.75 bits per heavy atom. The van der Waals surface area contributed by atoms with Crippen LogP contribution in [0.2, 0.25) is 0 Å². The van der Waals surface area contributed by atoms with Crippen LogP contribution < -0.4 is 16.0 Å². The van der Waals surface area contributed by atoms with E-state index >= 15 is 0 Å². The number of rotatable bonds is 7. The van der Waals surface area contributed by atoms with Crippen molar-refractivity contribution in [2.45, 2.75) is 59.2 Å². The molecule has 0 fully saturated rings. The molecule has 2 rings (SSSR count). The lowest BCUT2D eigenvalue weighted by Gasteiger charge is -2.20. The average molecular weight is 388 g/mol. The van der Waals surface area contributed by atoms with Crippen molar-refractivity contribution in [3.63, 3.8) is 0 Å². The summed E-state index contributed by atoms with van der Waals surface area (Å²) >= 11 is 0. The highest BCUT2D eigenvalue weighted by Gasteiger charge is 2.22. The van der Waals surface area contributed by atoms with Gasteiger partial charge in [0.1, 0.15) is 6.54 Å². The van der Waals surface area contributed by atoms with E-state index in [1.165, 1.54) is 11.1 Å². The van der Waals surface area contributed by atoms with E-state index in [1.807, 2.05) is 44.7 Å². The molecule has 1 aromatic rings. The standard InChI is InChI=1S/C21H33N5O2/c1-5-22-20(24-13-18(27)25-21(2,3)4)23-12-8-11-19(28)26-14-16-9-6-7-10-17(16)15-26/h6-7,9-10H,5,8,11-15H2,1-4H3,(H,25,27)(H2,22,23,24). The van der Waals surface area contributed by atoms with Gasteiger partial charge in [0.2, 0.25) is 11.8 Å². The minimum absolute atomic E-state index is 0.0670. The van der Waals surface area contributed by atoms with Crippen LogP contribution in [-0.4, -0.2) is 47.8 Å². The monoisotopic (exact) mass is 387 g/mol. The second-order valence-electron chi connectivity index (χ2n) is 8.04. The minimum Gasteiger partial charge on any atom is -0.357 e. The summed E-state index contributed by atoms with van der Waals surface area (Å²) in [6, 6.07) is 8.19. The maximum atomic E-state index is 12.4. The molecule has 0 radical (unpaired) electrons. The van der Waals surface area contributed by atoms with Crippen LogP contribution in [0.1, 0.15) is 51.7 Å². The predicted molar refractivity (Wildman–Crippen MR) is 112 cm³/mol. The van der Waals surface area contributed by atoms with Crippen molar-refractivity contribution in [1.29, 1.82) is 0 Å². The first-order chi connectivity index (χ1) is 13.3. The number of amides is 2. The smallest absolute Gasteiger partial charge is 0.242 e. The molecular weight excluding hydrogens is 354 g/mol. The SMILES string of the molecule is CCNC(=NCC(=O)NC(C)(C)C)NCCCC(=O)N1Cc2ccccc2C1. The molecule has 2 amide bonds. The van der Waals surface area contributed by atoms with Gasteiger partial charge in [0.15, 0.2) is 5.96 Å². The van der Waals surface area contributed by atoms with Crippen LogP contribution >= 0.6 is 0 Å². The Labute approximate surface area is 168 Å². The first-order valence-corrected chi connectivity index (χ1v) is 9.96. The molecule has 0 unspecified atom stereocenters. The Morgan fingerprint density at radius 3 is 2.32 bits per heavy atom. The number of nitrogens with one attached hydrogen (secondary N) is 3. The highest BCUT2D eigenvalue weighted by Crippen LogP contribution is 2.22. The molecule has 0 spiro atoms. The summed E-state index contributed by atoms with van der Waals surface area (Å²) in [7, 11) is 0. The van der Waals surface area contributed by atoms with Crippen molar-refractivity contribution in [1.82, 2.24) is 20.9 Å². The number of aliphatic imine (C=N–C) groups is 1. The Morgan fingerprint density at radius 1 is 1.11 bits per heavy atom. The number of carbonyl (C=O) groups is 2. The van der Waals surface area contributed by atoms with Crippen LogP contribution in [0.25, 0.3) is 0 Å². The van der Waals surface area contributed by atoms with E-state index in [9.17, 15) is 9.59 Å². The lowest BCUT2D eigenvalue weighted by atomic mass is 10.1. The highest BCUT2D eigenvalue weighted by atomic mass is 16.2. The zero-order valence-corrected chi connectivity index (χ0v) is 17.5. The first kappa shape index (κ1) is 21.7. The maximum Gasteiger partial charge on any atom is 0.242 e. The van der Waals surface area contributed by atoms with Gasteiger partial charge in [-0.1, -0.05) is 24.3 Å². The van der Waals surface area contributed by atoms with E-state index in [-0.39, 0.29) is 23.9 Å². The first-order valence-electron chi connectivity index (χ1n) is 9.96. The van der Waals surface area contributed by atoms with E-state index < -0.39 is 0 Å². The van der Waals surface area contributed by atoms with Gasteiger partial charge in [0.05, 0.1) is 0 Å². The van der Waals surface area contributed by atoms with Crippen molar-refractivity contribution in [3.05, 3.63) is 35.4 Å². The molecule has 0 saturated carbocycles. The summed E-state index contributed by atoms with van der Waals surface area (Å²) < 4.78 is 0. The van der Waals surface area contributed by atoms with Gasteiger partial charge in [-0.2, -0.15) is 0 Å². The summed E-state index contributed by atoms with van der Waals surface area (Å²) in [4.78, 5) is 30.5. The molecule has 154 valence electrons. The summed E-state index contributed by atoms with van der Waals surface area (Å²) in [5, 5.41) is 9.20. The lowest BCUT2D eigenvalue weighted by Crippen LogP contribution is -2.43. The van der Waals surface area contributed by atoms with Gasteiger partial charge >= 0.3 is 0 Å². The molecule has 1 heterocycles. The van der Waals surface area contributed by atoms with Gasteiger partial charge in [-0.05, 0) is 45.2 Å². The van der Waals surface area contributed by atoms with Crippen molar-refractivity contribution in [2.75, 3.05) is 19.6 Å². The van der Waals surface area contributed by atoms with Crippen molar-refractivity contribution < 1.29 is 9.59 Å². The molecule has 0 saturated heterocycles. The zero-order chi connectivity index (χ0) is 20.6. The number of guanidine groups is 1. The van der Waals surface area contributed by atoms with Gasteiger partial charge in [-0.3, -0.25) is 9.59 Å². The van der Waals surface area contributed by atoms with Gasteiger partial charge in [-0.15, -0.1) is 0 Å². The molecule has 1 aromatic carbocycles. The van der Waals surface area contributed by atoms with Gasteiger partial charge in [0, 0.05) is 38.1 Å². The van der Waals surface area contributed by atoms with Crippen molar-refractivity contribution in [2.24, 2.45) is 4.99 Å². The second-order valence-corrected chi connectivity index (χ2v) is 8.04. The third kappa shape index (κ3) is 7.21. The molecule has 1 aliphatic heterocycles. The molecule has 7 heteroatoms. The predicted octanol–water partition coefficient (Wildman–Crippen LogP) is 1.78. The number of fused-ring (bicyclic) bond motifs is 1. The molecule has 0 bridgehead atoms. The highest BCUT2D eigenvalue weighted by molar-refractivity contribution is 5.85. The molecule has 1 aliphatic rings. The summed E-state index contributed by atoms with van der Waals surface area (Å²) in [6.07, 6.45) is 1.20. The fourth-order valence-electron chi connectivity index (χ4n) is 3.06. The Hall–Kier alpha value is -2.57. The molecule has 7 nitrogen and oxygen atoms in total. The third-order valence-electron chi connectivity index (χ3n) is 4.29. The number of nitrogens with zero attached hydrogens (tertiary/aromatic N) is 2. The fraction of sp³-hybridized carbons (Fsp3) is 0.571. The number of hydrogen-bond donors (Lipinski definition) is 3. The molecular formula is C21H33N5O2. The van der Waals surface area contributed by atoms with E-state index in [0.717, 1.165) is 0 Å². The Bertz CT molecular complexity index is 684. The maximum absolute atomic E-state index is 12.4. The van der Waals surface area contributed by atoms with E-state index in [1.54, 1.807) is 0 Å². The van der Waals surface area contributed by atoms with Crippen molar-refractivity contribution >= 4 is 17.8 Å². The number of hydrogen-bond acceptors (Lipinski definition) is 3. The largest absolute Gasteiger partial charge is 0.357 e. The Kier molecular flexibility index (Phi) is 7.84. The van der Waals surface area contributed by atoms with Crippen LogP contribution in [0.5, 0.6) is 0 Å². The summed E-state index contributed by atoms with van der Waals surface area (Å²) in [5.41, 5.74) is 2.21. The quantitative estimate of drug-likeness (QED) is 0.378. The molecule has 0 atom stereocenters. The second kappa shape index (κ2) is 10.1. The lowest BCUT2D eigenvalue weighted by molar-refractivity contribution is -0.131. The van der Waals surface area contributed by atoms with Gasteiger partial charge in [0.25, 0.3) is 0 Å². The van der Waals surface area contributed by atoms with Crippen LogP contribution in [0.3, 0.4) is 0 Å². The normalized spacial score (nSPS) is 13.9. The third-order valence-corrected chi connectivity index (χ3v) is 4.29. The topological polar surface area (TPSA) is 85.8 Å². The average Bonchev–Trinajstić information content (AvgIpc) is 3.05. The van der Waals surface area contributed by atoms with E-state index in [0.29, 0.717) is 45.0 Å². The number of benzene rings is 1. The summed E-state index contributed by atoms with van der Waals surface area (Å²) in [5.74, 6) is 0.644. The van der Waals surface area contributed by atoms with E-state index in [4.69, 9.17) is 0 Å². The zero-order valence-electron chi connectivity index (χ0n) is 17.5. The molecule has 3 N–H and O–H groups in total. The molecule has 0 aliphatic carbocycles. The van der Waals surface area contributed by atoms with Crippen LogP contribution in [0.4, 0.5) is 0 Å². The van der Waals surface area contributed by atoms with Gasteiger partial charge < -0.3 is 20.9 Å². The minimum atomic E-state index is -0.270. The van der Waals surface area contributed by atoms with Crippen LogP contribution in [0.15, 0.2) is 29.3 Å². The Balaban J connectivity index is 1.72. The van der Waals surface area contributed by atoms with Gasteiger partial charge in [-0.25, -0.2) is 4.99 Å².